The predicted octanol–water partition coefficient (Wildman–Crippen LogP) is 0.901. The molecule has 2 heterocycles. The Balaban J connectivity index is 2.16. The van der Waals surface area contributed by atoms with E-state index in [2.05, 4.69) is 15.5 Å². The lowest BCUT2D eigenvalue weighted by molar-refractivity contribution is 0.0929. The number of aryl methyl sites for hydroxylation is 1. The summed E-state index contributed by atoms with van der Waals surface area (Å²) in [4.78, 5) is 25.4. The molecule has 10 heteroatoms. The van der Waals surface area contributed by atoms with Gasteiger partial charge in [0.1, 0.15) is 17.3 Å². The molecule has 3 rings (SSSR count). The Morgan fingerprint density at radius 3 is 2.68 bits per heavy atom. The summed E-state index contributed by atoms with van der Waals surface area (Å²) >= 11 is 5.92. The molecule has 0 aliphatic rings. The number of amides is 1. The van der Waals surface area contributed by atoms with E-state index in [0.29, 0.717) is 22.0 Å². The van der Waals surface area contributed by atoms with Crippen LogP contribution in [0.1, 0.15) is 10.4 Å². The van der Waals surface area contributed by atoms with Crippen molar-refractivity contribution >= 4 is 17.5 Å². The number of carbonyl (C=O) groups is 1. The molecule has 0 aliphatic heterocycles. The van der Waals surface area contributed by atoms with Crippen LogP contribution >= 0.6 is 11.6 Å². The van der Waals surface area contributed by atoms with E-state index in [9.17, 15) is 9.59 Å². The fourth-order valence-electron chi connectivity index (χ4n) is 2.47. The van der Waals surface area contributed by atoms with Crippen LogP contribution in [0.5, 0.6) is 0 Å². The third-order valence-electron chi connectivity index (χ3n) is 3.88. The number of halogens is 1. The van der Waals surface area contributed by atoms with Crippen LogP contribution in [0.15, 0.2) is 47.5 Å². The Bertz CT molecular complexity index is 1110. The van der Waals surface area contributed by atoms with E-state index >= 15 is 0 Å². The van der Waals surface area contributed by atoms with E-state index in [0.717, 1.165) is 4.68 Å². The van der Waals surface area contributed by atoms with Crippen molar-refractivity contribution in [3.05, 3.63) is 63.7 Å². The van der Waals surface area contributed by atoms with Crippen LogP contribution in [0.2, 0.25) is 5.02 Å². The molecule has 142 valence electrons. The quantitative estimate of drug-likeness (QED) is 0.657. The maximum Gasteiger partial charge on any atom is 0.284 e. The van der Waals surface area contributed by atoms with Gasteiger partial charge >= 0.3 is 0 Å². The number of nitrogens with zero attached hydrogens (tertiary/aromatic N) is 5. The third kappa shape index (κ3) is 3.93. The number of carbonyl (C=O) groups excluding carboxylic acids is 1. The average molecular weight is 399 g/mol. The minimum Gasteiger partial charge on any atom is -0.393 e. The molecular weight excluding hydrogens is 384 g/mol. The summed E-state index contributed by atoms with van der Waals surface area (Å²) in [6.07, 6.45) is 3.01. The fourth-order valence-corrected chi connectivity index (χ4v) is 2.59. The van der Waals surface area contributed by atoms with Gasteiger partial charge < -0.3 is 10.4 Å². The number of rotatable bonds is 5. The Hall–Kier alpha value is -3.48. The number of aromatic nitrogens is 4. The molecule has 28 heavy (non-hydrogen) atoms. The molecule has 0 bridgehead atoms. The van der Waals surface area contributed by atoms with Gasteiger partial charge in [0.25, 0.3) is 11.5 Å². The molecule has 2 N–H and O–H groups in total. The first kappa shape index (κ1) is 19.3. The van der Waals surface area contributed by atoms with Gasteiger partial charge in [-0.3, -0.25) is 14.3 Å². The zero-order valence-electron chi connectivity index (χ0n) is 14.7. The van der Waals surface area contributed by atoms with Crippen LogP contribution in [0.3, 0.4) is 0 Å². The number of aliphatic hydroxyl groups excluding tert-OH is 1. The van der Waals surface area contributed by atoms with E-state index in [1.807, 2.05) is 0 Å². The Morgan fingerprint density at radius 1 is 1.39 bits per heavy atom. The van der Waals surface area contributed by atoms with Gasteiger partial charge in [-0.25, -0.2) is 0 Å². The number of benzene rings is 1. The van der Waals surface area contributed by atoms with Gasteiger partial charge in [-0.05, 0) is 18.2 Å². The summed E-state index contributed by atoms with van der Waals surface area (Å²) in [5.74, 6) is -0.791. The zero-order valence-corrected chi connectivity index (χ0v) is 15.5. The molecule has 1 amide bonds. The highest BCUT2D eigenvalue weighted by atomic mass is 35.5. The molecule has 0 aliphatic carbocycles. The summed E-state index contributed by atoms with van der Waals surface area (Å²) in [5.41, 5.74) is 0.449. The summed E-state index contributed by atoms with van der Waals surface area (Å²) in [7, 11) is 1.68. The highest BCUT2D eigenvalue weighted by molar-refractivity contribution is 6.30. The van der Waals surface area contributed by atoms with Crippen molar-refractivity contribution in [3.8, 4) is 23.0 Å². The first-order valence-corrected chi connectivity index (χ1v) is 8.51. The summed E-state index contributed by atoms with van der Waals surface area (Å²) in [6.45, 7) is -0.575. The summed E-state index contributed by atoms with van der Waals surface area (Å²) < 4.78 is 2.56. The summed E-state index contributed by atoms with van der Waals surface area (Å²) in [6, 6.07) is 8.67. The third-order valence-corrected chi connectivity index (χ3v) is 4.13. The molecule has 0 fully saturated rings. The first-order valence-electron chi connectivity index (χ1n) is 8.13. The van der Waals surface area contributed by atoms with Crippen LogP contribution in [0, 0.1) is 11.3 Å². The predicted molar refractivity (Wildman–Crippen MR) is 101 cm³/mol. The van der Waals surface area contributed by atoms with E-state index in [-0.39, 0.29) is 5.56 Å². The smallest absolute Gasteiger partial charge is 0.284 e. The van der Waals surface area contributed by atoms with Gasteiger partial charge in [-0.1, -0.05) is 23.7 Å². The topological polar surface area (TPSA) is 126 Å². The molecule has 1 unspecified atom stereocenters. The zero-order chi connectivity index (χ0) is 20.3. The van der Waals surface area contributed by atoms with Crippen LogP contribution in [-0.4, -0.2) is 43.2 Å². The Kier molecular flexibility index (Phi) is 5.54. The van der Waals surface area contributed by atoms with Crippen molar-refractivity contribution in [2.45, 2.75) is 6.04 Å². The number of nitriles is 1. The molecule has 2 aromatic heterocycles. The molecule has 0 spiro atoms. The van der Waals surface area contributed by atoms with Crippen molar-refractivity contribution in [2.75, 3.05) is 6.61 Å². The van der Waals surface area contributed by atoms with Gasteiger partial charge in [0, 0.05) is 17.6 Å². The minimum atomic E-state index is -1.13. The average Bonchev–Trinajstić information content (AvgIpc) is 3.12. The van der Waals surface area contributed by atoms with Crippen molar-refractivity contribution in [1.29, 1.82) is 5.26 Å². The van der Waals surface area contributed by atoms with E-state index in [1.165, 1.54) is 16.9 Å². The van der Waals surface area contributed by atoms with Gasteiger partial charge in [-0.15, -0.1) is 0 Å². The summed E-state index contributed by atoms with van der Waals surface area (Å²) in [5, 5.41) is 29.3. The van der Waals surface area contributed by atoms with Gasteiger partial charge in [-0.2, -0.15) is 20.1 Å². The lowest BCUT2D eigenvalue weighted by Crippen LogP contribution is -2.40. The standard InChI is InChI=1S/C18H15ClN6O3/c1-24-9-14(8-21-24)25-18(28)15(17(27)22-13(7-20)10-26)6-16(23-25)11-2-4-12(19)5-3-11/h2-6,8-9,13,26H,10H2,1H3,(H,22,27). The number of hydrogen-bond acceptors (Lipinski definition) is 6. The molecule has 3 aromatic rings. The molecule has 1 atom stereocenters. The second-order valence-electron chi connectivity index (χ2n) is 5.88. The maximum atomic E-state index is 12.9. The van der Waals surface area contributed by atoms with E-state index < -0.39 is 24.1 Å². The minimum absolute atomic E-state index is 0.225. The van der Waals surface area contributed by atoms with Gasteiger partial charge in [0.05, 0.1) is 30.8 Å². The van der Waals surface area contributed by atoms with E-state index in [4.69, 9.17) is 22.0 Å². The fraction of sp³-hybridized carbons (Fsp3) is 0.167. The Morgan fingerprint density at radius 2 is 2.11 bits per heavy atom. The van der Waals surface area contributed by atoms with Gasteiger partial charge in [0.15, 0.2) is 0 Å². The van der Waals surface area contributed by atoms with Crippen molar-refractivity contribution < 1.29 is 9.90 Å². The molecule has 0 saturated heterocycles. The largest absolute Gasteiger partial charge is 0.393 e. The van der Waals surface area contributed by atoms with Crippen LogP contribution < -0.4 is 10.9 Å². The first-order chi connectivity index (χ1) is 13.4. The molecule has 9 nitrogen and oxygen atoms in total. The Labute approximate surface area is 164 Å². The lowest BCUT2D eigenvalue weighted by Gasteiger charge is -2.11. The SMILES string of the molecule is Cn1cc(-n2nc(-c3ccc(Cl)cc3)cc(C(=O)NC(C#N)CO)c2=O)cn1. The number of hydrogen-bond donors (Lipinski definition) is 2. The normalized spacial score (nSPS) is 11.6. The maximum absolute atomic E-state index is 12.9. The number of nitrogens with one attached hydrogen (secondary N) is 1. The van der Waals surface area contributed by atoms with Crippen molar-refractivity contribution in [1.82, 2.24) is 24.9 Å². The second kappa shape index (κ2) is 8.04. The molecular formula is C18H15ClN6O3. The molecule has 0 saturated carbocycles. The highest BCUT2D eigenvalue weighted by Gasteiger charge is 2.20. The van der Waals surface area contributed by atoms with Crippen LogP contribution in [0.25, 0.3) is 16.9 Å². The monoisotopic (exact) mass is 398 g/mol. The van der Waals surface area contributed by atoms with Crippen LogP contribution in [0.4, 0.5) is 0 Å². The van der Waals surface area contributed by atoms with Crippen LogP contribution in [-0.2, 0) is 7.05 Å². The second-order valence-corrected chi connectivity index (χ2v) is 6.31. The lowest BCUT2D eigenvalue weighted by atomic mass is 10.1. The van der Waals surface area contributed by atoms with E-state index in [1.54, 1.807) is 43.6 Å². The number of aliphatic hydroxyl groups is 1. The molecule has 1 aromatic carbocycles. The van der Waals surface area contributed by atoms with Gasteiger partial charge in [0.2, 0.25) is 0 Å². The van der Waals surface area contributed by atoms with Crippen molar-refractivity contribution in [2.24, 2.45) is 7.05 Å². The highest BCUT2D eigenvalue weighted by Crippen LogP contribution is 2.20. The molecule has 0 radical (unpaired) electrons. The van der Waals surface area contributed by atoms with Crippen molar-refractivity contribution in [3.63, 3.8) is 0 Å².